The van der Waals surface area contributed by atoms with Gasteiger partial charge in [0.2, 0.25) is 0 Å². The van der Waals surface area contributed by atoms with Crippen LogP contribution in [-0.2, 0) is 19.5 Å². The molecule has 0 heterocycles. The third-order valence-electron chi connectivity index (χ3n) is 2.89. The summed E-state index contributed by atoms with van der Waals surface area (Å²) < 4.78 is 41.5. The molecule has 0 N–H and O–H groups in total. The summed E-state index contributed by atoms with van der Waals surface area (Å²) in [5, 5.41) is 0. The van der Waals surface area contributed by atoms with Gasteiger partial charge in [-0.05, 0) is 36.2 Å². The second-order valence-corrected chi connectivity index (χ2v) is 7.90. The van der Waals surface area contributed by atoms with Gasteiger partial charge in [-0.25, -0.2) is 8.42 Å². The quantitative estimate of drug-likeness (QED) is 0.160. The van der Waals surface area contributed by atoms with E-state index >= 15 is 0 Å². The van der Waals surface area contributed by atoms with Crippen LogP contribution in [0.25, 0.3) is 10.4 Å². The SMILES string of the molecule is COC(OC)[SiH2]CCCOc1ccc(S(=O)(=O)N=[N+]=[N-])cc1. The highest BCUT2D eigenvalue weighted by Gasteiger charge is 2.11. The molecule has 0 amide bonds. The summed E-state index contributed by atoms with van der Waals surface area (Å²) in [4.78, 5) is 2.23. The Morgan fingerprint density at radius 1 is 1.27 bits per heavy atom. The van der Waals surface area contributed by atoms with Crippen LogP contribution in [0.15, 0.2) is 33.7 Å². The zero-order valence-electron chi connectivity index (χ0n) is 12.5. The number of methoxy groups -OCH3 is 2. The standard InChI is InChI=1S/C12H19N3O5SSi/c1-18-12(19-2)22-9-3-8-20-10-4-6-11(7-5-10)21(16,17)15-14-13/h4-7,12H,3,8-9,22H2,1-2H3. The first kappa shape index (κ1) is 18.5. The van der Waals surface area contributed by atoms with Crippen LogP contribution in [0.1, 0.15) is 6.42 Å². The normalized spacial score (nSPS) is 11.8. The Labute approximate surface area is 131 Å². The van der Waals surface area contributed by atoms with E-state index in [-0.39, 0.29) is 10.8 Å². The zero-order chi connectivity index (χ0) is 16.4. The molecule has 0 aromatic heterocycles. The van der Waals surface area contributed by atoms with Gasteiger partial charge in [0, 0.05) is 23.7 Å². The maximum atomic E-state index is 11.5. The van der Waals surface area contributed by atoms with Gasteiger partial charge in [-0.1, -0.05) is 6.04 Å². The van der Waals surface area contributed by atoms with Gasteiger partial charge >= 0.3 is 0 Å². The Morgan fingerprint density at radius 2 is 1.91 bits per heavy atom. The van der Waals surface area contributed by atoms with E-state index in [4.69, 9.17) is 19.7 Å². The summed E-state index contributed by atoms with van der Waals surface area (Å²) in [5.74, 6) is 0.502. The molecule has 0 unspecified atom stereocenters. The molecule has 0 aliphatic heterocycles. The van der Waals surface area contributed by atoms with Crippen molar-refractivity contribution < 1.29 is 22.6 Å². The molecular weight excluding hydrogens is 326 g/mol. The van der Waals surface area contributed by atoms with Crippen molar-refractivity contribution in [1.29, 1.82) is 0 Å². The molecule has 1 rings (SSSR count). The number of hydrogen-bond acceptors (Lipinski definition) is 5. The van der Waals surface area contributed by atoms with E-state index in [0.717, 1.165) is 12.5 Å². The molecule has 0 bridgehead atoms. The molecule has 0 radical (unpaired) electrons. The van der Waals surface area contributed by atoms with E-state index < -0.39 is 19.5 Å². The van der Waals surface area contributed by atoms with Crippen molar-refractivity contribution in [3.63, 3.8) is 0 Å². The monoisotopic (exact) mass is 345 g/mol. The molecule has 122 valence electrons. The van der Waals surface area contributed by atoms with Crippen molar-refractivity contribution in [1.82, 2.24) is 0 Å². The lowest BCUT2D eigenvalue weighted by Gasteiger charge is -2.12. The summed E-state index contributed by atoms with van der Waals surface area (Å²) in [5.41, 5.74) is 8.20. The highest BCUT2D eigenvalue weighted by atomic mass is 32.2. The fraction of sp³-hybridized carbons (Fsp3) is 0.500. The summed E-state index contributed by atoms with van der Waals surface area (Å²) in [6.07, 6.45) is 0.883. The van der Waals surface area contributed by atoms with Crippen molar-refractivity contribution in [3.05, 3.63) is 34.7 Å². The molecular formula is C12H19N3O5SSi. The first-order valence-electron chi connectivity index (χ1n) is 6.63. The average Bonchev–Trinajstić information content (AvgIpc) is 2.51. The van der Waals surface area contributed by atoms with Gasteiger partial charge in [-0.15, -0.1) is 0 Å². The Kier molecular flexibility index (Phi) is 7.92. The Balaban J connectivity index is 2.41. The van der Waals surface area contributed by atoms with Crippen molar-refractivity contribution in [2.45, 2.75) is 23.3 Å². The van der Waals surface area contributed by atoms with Crippen LogP contribution in [0.4, 0.5) is 0 Å². The van der Waals surface area contributed by atoms with Gasteiger partial charge in [0.15, 0.2) is 0 Å². The second-order valence-electron chi connectivity index (χ2n) is 4.36. The van der Waals surface area contributed by atoms with Crippen LogP contribution in [-0.4, -0.2) is 44.7 Å². The third kappa shape index (κ3) is 6.04. The fourth-order valence-electron chi connectivity index (χ4n) is 1.74. The van der Waals surface area contributed by atoms with Gasteiger partial charge in [-0.3, -0.25) is 0 Å². The van der Waals surface area contributed by atoms with E-state index in [2.05, 4.69) is 9.43 Å². The fourth-order valence-corrected chi connectivity index (χ4v) is 3.71. The van der Waals surface area contributed by atoms with E-state index in [1.807, 2.05) is 0 Å². The summed E-state index contributed by atoms with van der Waals surface area (Å²) in [7, 11) is -1.14. The van der Waals surface area contributed by atoms with Crippen molar-refractivity contribution in [2.75, 3.05) is 20.8 Å². The van der Waals surface area contributed by atoms with Crippen LogP contribution in [0.5, 0.6) is 5.75 Å². The Morgan fingerprint density at radius 3 is 2.45 bits per heavy atom. The highest BCUT2D eigenvalue weighted by molar-refractivity contribution is 7.90. The molecule has 0 fully saturated rings. The van der Waals surface area contributed by atoms with E-state index in [1.54, 1.807) is 14.2 Å². The van der Waals surface area contributed by atoms with Crippen molar-refractivity contribution in [2.24, 2.45) is 4.52 Å². The predicted octanol–water partition coefficient (Wildman–Crippen LogP) is 1.62. The number of benzene rings is 1. The summed E-state index contributed by atoms with van der Waals surface area (Å²) in [6.45, 7) is 0.537. The first-order chi connectivity index (χ1) is 10.5. The molecule has 10 heteroatoms. The summed E-state index contributed by atoms with van der Waals surface area (Å²) in [6, 6.07) is 6.78. The zero-order valence-corrected chi connectivity index (χ0v) is 14.7. The van der Waals surface area contributed by atoms with Gasteiger partial charge in [0.25, 0.3) is 10.0 Å². The smallest absolute Gasteiger partial charge is 0.264 e. The van der Waals surface area contributed by atoms with Crippen LogP contribution in [0, 0.1) is 0 Å². The Hall–Kier alpha value is -1.58. The molecule has 22 heavy (non-hydrogen) atoms. The minimum atomic E-state index is -3.94. The third-order valence-corrected chi connectivity index (χ3v) is 6.10. The summed E-state index contributed by atoms with van der Waals surface area (Å²) >= 11 is 0. The van der Waals surface area contributed by atoms with Gasteiger partial charge in [-0.2, -0.15) is 0 Å². The maximum Gasteiger partial charge on any atom is 0.264 e. The number of sulfonamides is 1. The molecule has 8 nitrogen and oxygen atoms in total. The first-order valence-corrected chi connectivity index (χ1v) is 9.89. The van der Waals surface area contributed by atoms with Crippen molar-refractivity contribution in [3.8, 4) is 5.75 Å². The predicted molar refractivity (Wildman–Crippen MR) is 84.0 cm³/mol. The lowest BCUT2D eigenvalue weighted by atomic mass is 10.3. The van der Waals surface area contributed by atoms with E-state index in [9.17, 15) is 8.42 Å². The molecule has 0 aliphatic carbocycles. The molecule has 0 saturated carbocycles. The maximum absolute atomic E-state index is 11.5. The van der Waals surface area contributed by atoms with Gasteiger partial charge in [0.1, 0.15) is 11.7 Å². The topological polar surface area (TPSA) is 111 Å². The Bertz CT molecular complexity index is 598. The molecule has 1 aromatic carbocycles. The second kappa shape index (κ2) is 9.44. The largest absolute Gasteiger partial charge is 0.494 e. The minimum Gasteiger partial charge on any atom is -0.494 e. The number of rotatable bonds is 10. The number of hydrogen-bond donors (Lipinski definition) is 0. The molecule has 0 atom stereocenters. The molecule has 0 saturated heterocycles. The lowest BCUT2D eigenvalue weighted by molar-refractivity contribution is -0.0441. The van der Waals surface area contributed by atoms with Crippen LogP contribution in [0.2, 0.25) is 6.04 Å². The number of azide groups is 1. The van der Waals surface area contributed by atoms with E-state index in [1.165, 1.54) is 24.3 Å². The van der Waals surface area contributed by atoms with Gasteiger partial charge in [0.05, 0.1) is 21.0 Å². The molecule has 0 spiro atoms. The number of ether oxygens (including phenoxy) is 3. The van der Waals surface area contributed by atoms with Gasteiger partial charge < -0.3 is 14.2 Å². The van der Waals surface area contributed by atoms with Crippen LogP contribution in [0.3, 0.4) is 0 Å². The van der Waals surface area contributed by atoms with E-state index in [0.29, 0.717) is 12.4 Å². The molecule has 0 aliphatic rings. The van der Waals surface area contributed by atoms with Crippen LogP contribution < -0.4 is 4.74 Å². The minimum absolute atomic E-state index is 0.0620. The molecule has 1 aromatic rings. The highest BCUT2D eigenvalue weighted by Crippen LogP contribution is 2.18. The van der Waals surface area contributed by atoms with Crippen molar-refractivity contribution >= 4 is 19.5 Å². The lowest BCUT2D eigenvalue weighted by Crippen LogP contribution is -2.21. The number of nitrogens with zero attached hydrogens (tertiary/aromatic N) is 3. The van der Waals surface area contributed by atoms with Crippen LogP contribution >= 0.6 is 0 Å². The average molecular weight is 345 g/mol.